The molecular weight excluding hydrogens is 241 g/mol. The minimum Gasteiger partial charge on any atom is -0.492 e. The first-order valence-corrected chi connectivity index (χ1v) is 4.48. The van der Waals surface area contributed by atoms with Gasteiger partial charge in [0.2, 0.25) is 5.88 Å². The smallest absolute Gasteiger partial charge is 0.492 e. The minimum absolute atomic E-state index is 0.0889. The van der Waals surface area contributed by atoms with Crippen molar-refractivity contribution in [3.8, 4) is 17.4 Å². The second-order valence-electron chi connectivity index (χ2n) is 2.90. The second kappa shape index (κ2) is 5.09. The molecule has 1 aromatic heterocycles. The zero-order valence-electron chi connectivity index (χ0n) is 9.17. The van der Waals surface area contributed by atoms with Gasteiger partial charge in [-0.2, -0.15) is 0 Å². The first kappa shape index (κ1) is 13.4. The maximum atomic E-state index is 12.1. The number of nitrogens with two attached hydrogens (primary N) is 1. The Bertz CT molecular complexity index is 396. The van der Waals surface area contributed by atoms with Crippen LogP contribution in [0.5, 0.6) is 17.4 Å². The lowest BCUT2D eigenvalue weighted by Crippen LogP contribution is -2.18. The van der Waals surface area contributed by atoms with Crippen molar-refractivity contribution in [3.63, 3.8) is 0 Å². The number of halogens is 3. The molecule has 0 aromatic carbocycles. The van der Waals surface area contributed by atoms with E-state index in [1.54, 1.807) is 0 Å². The monoisotopic (exact) mass is 252 g/mol. The summed E-state index contributed by atoms with van der Waals surface area (Å²) in [7, 11) is 2.53. The third-order valence-electron chi connectivity index (χ3n) is 1.88. The fourth-order valence-electron chi connectivity index (χ4n) is 1.28. The molecule has 0 aliphatic heterocycles. The molecule has 0 saturated carbocycles. The lowest BCUT2D eigenvalue weighted by Gasteiger charge is -2.16. The fourth-order valence-corrected chi connectivity index (χ4v) is 1.28. The van der Waals surface area contributed by atoms with E-state index in [9.17, 15) is 13.2 Å². The summed E-state index contributed by atoms with van der Waals surface area (Å²) >= 11 is 0. The number of aromatic nitrogens is 1. The van der Waals surface area contributed by atoms with Gasteiger partial charge < -0.3 is 19.9 Å². The number of ether oxygens (including phenoxy) is 3. The summed E-state index contributed by atoms with van der Waals surface area (Å²) in [6.07, 6.45) is -3.96. The Morgan fingerprint density at radius 3 is 2.35 bits per heavy atom. The van der Waals surface area contributed by atoms with E-state index in [1.807, 2.05) is 0 Å². The molecular formula is C9H11F3N2O3. The highest BCUT2D eigenvalue weighted by atomic mass is 19.4. The first-order valence-electron chi connectivity index (χ1n) is 4.48. The van der Waals surface area contributed by atoms with Gasteiger partial charge in [-0.25, -0.2) is 4.98 Å². The zero-order valence-corrected chi connectivity index (χ0v) is 9.17. The molecule has 0 bridgehead atoms. The van der Waals surface area contributed by atoms with Gasteiger partial charge in [0.1, 0.15) is 0 Å². The summed E-state index contributed by atoms with van der Waals surface area (Å²) < 4.78 is 49.8. The molecule has 0 aliphatic rings. The topological polar surface area (TPSA) is 66.6 Å². The molecule has 1 heterocycles. The van der Waals surface area contributed by atoms with Crippen LogP contribution < -0.4 is 19.9 Å². The normalized spacial score (nSPS) is 11.2. The van der Waals surface area contributed by atoms with E-state index < -0.39 is 12.1 Å². The number of methoxy groups -OCH3 is 2. The maximum absolute atomic E-state index is 12.1. The molecule has 5 nitrogen and oxygen atoms in total. The summed E-state index contributed by atoms with van der Waals surface area (Å²) in [5.74, 6) is -0.600. The van der Waals surface area contributed by atoms with Crippen LogP contribution in [0.1, 0.15) is 5.56 Å². The highest BCUT2D eigenvalue weighted by Crippen LogP contribution is 2.37. The average molecular weight is 252 g/mol. The Kier molecular flexibility index (Phi) is 4.00. The van der Waals surface area contributed by atoms with E-state index in [-0.39, 0.29) is 23.7 Å². The Balaban J connectivity index is 3.23. The average Bonchev–Trinajstić information content (AvgIpc) is 2.26. The van der Waals surface area contributed by atoms with Gasteiger partial charge in [-0.1, -0.05) is 0 Å². The highest BCUT2D eigenvalue weighted by molar-refractivity contribution is 5.49. The number of alkyl halides is 3. The number of pyridine rings is 1. The van der Waals surface area contributed by atoms with Crippen molar-refractivity contribution < 1.29 is 27.4 Å². The standard InChI is InChI=1S/C9H11F3N2O3/c1-15-7-5(3-13)8(16-2)14-4-6(7)17-9(10,11)12/h4H,3,13H2,1-2H3. The van der Waals surface area contributed by atoms with Crippen molar-refractivity contribution in [2.75, 3.05) is 14.2 Å². The molecule has 0 aliphatic carbocycles. The molecule has 0 saturated heterocycles. The van der Waals surface area contributed by atoms with Gasteiger partial charge in [-0.15, -0.1) is 13.2 Å². The van der Waals surface area contributed by atoms with Crippen LogP contribution in [-0.4, -0.2) is 25.6 Å². The van der Waals surface area contributed by atoms with Gasteiger partial charge in [-0.3, -0.25) is 0 Å². The Hall–Kier alpha value is -1.70. The molecule has 0 fully saturated rings. The van der Waals surface area contributed by atoms with Crippen molar-refractivity contribution >= 4 is 0 Å². The van der Waals surface area contributed by atoms with Gasteiger partial charge >= 0.3 is 6.36 Å². The summed E-state index contributed by atoms with van der Waals surface area (Å²) in [6, 6.07) is 0. The number of hydrogen-bond donors (Lipinski definition) is 1. The molecule has 0 amide bonds. The SMILES string of the molecule is COc1ncc(OC(F)(F)F)c(OC)c1CN. The Labute approximate surface area is 95.3 Å². The summed E-state index contributed by atoms with van der Waals surface area (Å²) in [5.41, 5.74) is 5.60. The van der Waals surface area contributed by atoms with Crippen molar-refractivity contribution in [1.29, 1.82) is 0 Å². The summed E-state index contributed by atoms with van der Waals surface area (Å²) in [4.78, 5) is 3.65. The molecule has 96 valence electrons. The van der Waals surface area contributed by atoms with E-state index in [4.69, 9.17) is 15.2 Å². The Morgan fingerprint density at radius 1 is 1.29 bits per heavy atom. The summed E-state index contributed by atoms with van der Waals surface area (Å²) in [5, 5.41) is 0. The molecule has 0 atom stereocenters. The lowest BCUT2D eigenvalue weighted by atomic mass is 10.2. The molecule has 0 radical (unpaired) electrons. The summed E-state index contributed by atoms with van der Waals surface area (Å²) in [6.45, 7) is -0.0889. The molecule has 1 aromatic rings. The van der Waals surface area contributed by atoms with Crippen molar-refractivity contribution in [3.05, 3.63) is 11.8 Å². The number of nitrogens with zero attached hydrogens (tertiary/aromatic N) is 1. The molecule has 0 spiro atoms. The van der Waals surface area contributed by atoms with Crippen LogP contribution in [0, 0.1) is 0 Å². The predicted molar refractivity (Wildman–Crippen MR) is 51.9 cm³/mol. The van der Waals surface area contributed by atoms with Crippen molar-refractivity contribution in [2.24, 2.45) is 5.73 Å². The van der Waals surface area contributed by atoms with Crippen LogP contribution in [0.3, 0.4) is 0 Å². The fraction of sp³-hybridized carbons (Fsp3) is 0.444. The quantitative estimate of drug-likeness (QED) is 0.878. The largest absolute Gasteiger partial charge is 0.573 e. The van der Waals surface area contributed by atoms with E-state index in [2.05, 4.69) is 9.72 Å². The van der Waals surface area contributed by atoms with Gasteiger partial charge in [0.15, 0.2) is 11.5 Å². The van der Waals surface area contributed by atoms with E-state index in [0.717, 1.165) is 6.20 Å². The third kappa shape index (κ3) is 3.13. The van der Waals surface area contributed by atoms with Crippen molar-refractivity contribution in [1.82, 2.24) is 4.98 Å². The van der Waals surface area contributed by atoms with Crippen LogP contribution in [0.4, 0.5) is 13.2 Å². The number of hydrogen-bond acceptors (Lipinski definition) is 5. The van der Waals surface area contributed by atoms with Crippen LogP contribution in [0.15, 0.2) is 6.20 Å². The molecule has 8 heteroatoms. The Morgan fingerprint density at radius 2 is 1.94 bits per heavy atom. The lowest BCUT2D eigenvalue weighted by molar-refractivity contribution is -0.275. The molecule has 0 unspecified atom stereocenters. The molecule has 1 rings (SSSR count). The predicted octanol–water partition coefficient (Wildman–Crippen LogP) is 1.46. The van der Waals surface area contributed by atoms with Gasteiger partial charge in [0, 0.05) is 6.54 Å². The minimum atomic E-state index is -4.82. The van der Waals surface area contributed by atoms with Gasteiger partial charge in [0.25, 0.3) is 0 Å². The van der Waals surface area contributed by atoms with E-state index in [1.165, 1.54) is 14.2 Å². The van der Waals surface area contributed by atoms with Crippen LogP contribution in [0.25, 0.3) is 0 Å². The number of rotatable bonds is 4. The van der Waals surface area contributed by atoms with Crippen LogP contribution in [0.2, 0.25) is 0 Å². The van der Waals surface area contributed by atoms with Crippen molar-refractivity contribution in [2.45, 2.75) is 12.9 Å². The first-order chi connectivity index (χ1) is 7.92. The zero-order chi connectivity index (χ0) is 13.1. The van der Waals surface area contributed by atoms with Gasteiger partial charge in [0.05, 0.1) is 26.0 Å². The second-order valence-corrected chi connectivity index (χ2v) is 2.90. The van der Waals surface area contributed by atoms with E-state index in [0.29, 0.717) is 0 Å². The van der Waals surface area contributed by atoms with Crippen LogP contribution >= 0.6 is 0 Å². The van der Waals surface area contributed by atoms with E-state index >= 15 is 0 Å². The molecule has 17 heavy (non-hydrogen) atoms. The molecule has 2 N–H and O–H groups in total. The maximum Gasteiger partial charge on any atom is 0.573 e. The van der Waals surface area contributed by atoms with Crippen LogP contribution in [-0.2, 0) is 6.54 Å². The highest BCUT2D eigenvalue weighted by Gasteiger charge is 2.33. The third-order valence-corrected chi connectivity index (χ3v) is 1.88. The van der Waals surface area contributed by atoms with Gasteiger partial charge in [-0.05, 0) is 0 Å².